The van der Waals surface area contributed by atoms with Gasteiger partial charge >= 0.3 is 0 Å². The first-order valence-corrected chi connectivity index (χ1v) is 6.95. The Kier molecular flexibility index (Phi) is 3.78. The first-order valence-electron chi connectivity index (χ1n) is 6.95. The van der Waals surface area contributed by atoms with Gasteiger partial charge in [0.25, 0.3) is 0 Å². The highest BCUT2D eigenvalue weighted by molar-refractivity contribution is 5.48. The van der Waals surface area contributed by atoms with E-state index in [0.717, 1.165) is 31.7 Å². The highest BCUT2D eigenvalue weighted by atomic mass is 15.3. The second kappa shape index (κ2) is 5.88. The van der Waals surface area contributed by atoms with Crippen LogP contribution in [0.25, 0.3) is 0 Å². The largest absolute Gasteiger partial charge is 0.356 e. The van der Waals surface area contributed by atoms with Crippen LogP contribution < -0.4 is 16.2 Å². The molecule has 0 spiro atoms. The summed E-state index contributed by atoms with van der Waals surface area (Å²) in [5.74, 6) is 7.64. The number of nitrogen functional groups attached to an aromatic ring is 1. The van der Waals surface area contributed by atoms with Gasteiger partial charge in [-0.15, -0.1) is 0 Å². The molecular formula is C15H19N5. The molecule has 0 aliphatic carbocycles. The summed E-state index contributed by atoms with van der Waals surface area (Å²) in [6.07, 6.45) is 3.85. The molecular weight excluding hydrogens is 250 g/mol. The van der Waals surface area contributed by atoms with E-state index in [0.29, 0.717) is 11.7 Å². The smallest absolute Gasteiger partial charge is 0.145 e. The molecule has 0 radical (unpaired) electrons. The van der Waals surface area contributed by atoms with Crippen LogP contribution in [0.15, 0.2) is 42.7 Å². The minimum atomic E-state index is 0.653. The van der Waals surface area contributed by atoms with Crippen molar-refractivity contribution in [1.29, 1.82) is 0 Å². The molecule has 1 aliphatic heterocycles. The van der Waals surface area contributed by atoms with E-state index in [2.05, 4.69) is 50.6 Å². The van der Waals surface area contributed by atoms with Crippen molar-refractivity contribution in [2.24, 2.45) is 5.84 Å². The number of hydrazine groups is 1. The van der Waals surface area contributed by atoms with Crippen molar-refractivity contribution in [2.75, 3.05) is 23.4 Å². The van der Waals surface area contributed by atoms with Gasteiger partial charge in [0.05, 0.1) is 0 Å². The minimum Gasteiger partial charge on any atom is -0.356 e. The van der Waals surface area contributed by atoms with Crippen LogP contribution in [-0.2, 0) is 0 Å². The van der Waals surface area contributed by atoms with Crippen LogP contribution in [0.4, 0.5) is 11.6 Å². The van der Waals surface area contributed by atoms with Crippen molar-refractivity contribution in [3.05, 3.63) is 48.3 Å². The van der Waals surface area contributed by atoms with Gasteiger partial charge in [0.15, 0.2) is 0 Å². The lowest BCUT2D eigenvalue weighted by molar-refractivity contribution is 0.502. The molecule has 5 heteroatoms. The van der Waals surface area contributed by atoms with Gasteiger partial charge in [-0.3, -0.25) is 0 Å². The normalized spacial score (nSPS) is 16.1. The maximum Gasteiger partial charge on any atom is 0.145 e. The summed E-state index contributed by atoms with van der Waals surface area (Å²) >= 11 is 0. The first-order chi connectivity index (χ1) is 9.86. The van der Waals surface area contributed by atoms with Crippen molar-refractivity contribution in [3.63, 3.8) is 0 Å². The fraction of sp³-hybridized carbons (Fsp3) is 0.333. The van der Waals surface area contributed by atoms with E-state index in [9.17, 15) is 0 Å². The van der Waals surface area contributed by atoms with Crippen molar-refractivity contribution in [1.82, 2.24) is 9.97 Å². The quantitative estimate of drug-likeness (QED) is 0.660. The predicted molar refractivity (Wildman–Crippen MR) is 80.5 cm³/mol. The summed E-state index contributed by atoms with van der Waals surface area (Å²) in [6.45, 7) is 2.03. The third kappa shape index (κ3) is 2.72. The van der Waals surface area contributed by atoms with Crippen LogP contribution >= 0.6 is 0 Å². The van der Waals surface area contributed by atoms with Crippen LogP contribution in [0, 0.1) is 0 Å². The summed E-state index contributed by atoms with van der Waals surface area (Å²) in [5.41, 5.74) is 4.01. The molecule has 3 N–H and O–H groups in total. The van der Waals surface area contributed by atoms with Gasteiger partial charge in [-0.1, -0.05) is 30.3 Å². The van der Waals surface area contributed by atoms with Gasteiger partial charge in [-0.05, 0) is 24.3 Å². The maximum absolute atomic E-state index is 5.39. The van der Waals surface area contributed by atoms with Gasteiger partial charge in [-0.2, -0.15) is 0 Å². The number of hydrogen-bond acceptors (Lipinski definition) is 5. The number of rotatable bonds is 3. The van der Waals surface area contributed by atoms with E-state index >= 15 is 0 Å². The lowest BCUT2D eigenvalue weighted by atomic mass is 9.89. The molecule has 0 unspecified atom stereocenters. The van der Waals surface area contributed by atoms with E-state index in [1.807, 2.05) is 6.07 Å². The zero-order chi connectivity index (χ0) is 13.8. The number of piperidine rings is 1. The molecule has 0 atom stereocenters. The number of anilines is 2. The number of aromatic nitrogens is 2. The monoisotopic (exact) mass is 269 g/mol. The lowest BCUT2D eigenvalue weighted by Gasteiger charge is -2.33. The Morgan fingerprint density at radius 1 is 1.10 bits per heavy atom. The van der Waals surface area contributed by atoms with Crippen LogP contribution in [0.3, 0.4) is 0 Å². The van der Waals surface area contributed by atoms with Gasteiger partial charge in [0.2, 0.25) is 0 Å². The van der Waals surface area contributed by atoms with Crippen LogP contribution in [0.2, 0.25) is 0 Å². The number of nitrogens with two attached hydrogens (primary N) is 1. The summed E-state index contributed by atoms with van der Waals surface area (Å²) in [5, 5.41) is 0. The maximum atomic E-state index is 5.39. The third-order valence-corrected chi connectivity index (χ3v) is 3.89. The second-order valence-corrected chi connectivity index (χ2v) is 5.08. The molecule has 3 rings (SSSR count). The van der Waals surface area contributed by atoms with Crippen LogP contribution in [0.5, 0.6) is 0 Å². The molecule has 20 heavy (non-hydrogen) atoms. The van der Waals surface area contributed by atoms with Gasteiger partial charge < -0.3 is 10.3 Å². The number of hydrogen-bond donors (Lipinski definition) is 2. The summed E-state index contributed by atoms with van der Waals surface area (Å²) in [6, 6.07) is 12.6. The standard InChI is InChI=1S/C15H19N5/c16-19-14-10-15(18-11-17-14)20-8-6-13(7-9-20)12-4-2-1-3-5-12/h1-5,10-11,13H,6-9,16H2,(H,17,18,19). The van der Waals surface area contributed by atoms with E-state index in [1.165, 1.54) is 5.56 Å². The molecule has 1 aromatic heterocycles. The van der Waals surface area contributed by atoms with Gasteiger partial charge in [-0.25, -0.2) is 15.8 Å². The Balaban J connectivity index is 1.66. The van der Waals surface area contributed by atoms with Crippen LogP contribution in [0.1, 0.15) is 24.3 Å². The molecule has 1 fully saturated rings. The average molecular weight is 269 g/mol. The van der Waals surface area contributed by atoms with Gasteiger partial charge in [0.1, 0.15) is 18.0 Å². The fourth-order valence-electron chi connectivity index (χ4n) is 2.77. The summed E-state index contributed by atoms with van der Waals surface area (Å²) in [7, 11) is 0. The SMILES string of the molecule is NNc1cc(N2CCC(c3ccccc3)CC2)ncn1. The van der Waals surface area contributed by atoms with Crippen LogP contribution in [-0.4, -0.2) is 23.1 Å². The molecule has 0 amide bonds. The Labute approximate surface area is 118 Å². The van der Waals surface area contributed by atoms with E-state index in [4.69, 9.17) is 5.84 Å². The Morgan fingerprint density at radius 2 is 1.85 bits per heavy atom. The Bertz CT molecular complexity index is 549. The van der Waals surface area contributed by atoms with Crippen molar-refractivity contribution in [2.45, 2.75) is 18.8 Å². The highest BCUT2D eigenvalue weighted by Gasteiger charge is 2.21. The molecule has 5 nitrogen and oxygen atoms in total. The van der Waals surface area contributed by atoms with E-state index in [1.54, 1.807) is 6.33 Å². The fourth-order valence-corrected chi connectivity index (χ4v) is 2.77. The topological polar surface area (TPSA) is 67.1 Å². The zero-order valence-electron chi connectivity index (χ0n) is 11.4. The average Bonchev–Trinajstić information content (AvgIpc) is 2.56. The number of nitrogens with zero attached hydrogens (tertiary/aromatic N) is 3. The molecule has 1 aliphatic rings. The van der Waals surface area contributed by atoms with E-state index < -0.39 is 0 Å². The molecule has 0 saturated carbocycles. The van der Waals surface area contributed by atoms with Crippen molar-refractivity contribution >= 4 is 11.6 Å². The lowest BCUT2D eigenvalue weighted by Crippen LogP contribution is -2.33. The minimum absolute atomic E-state index is 0.653. The number of nitrogens with one attached hydrogen (secondary N) is 1. The zero-order valence-corrected chi connectivity index (χ0v) is 11.4. The van der Waals surface area contributed by atoms with Gasteiger partial charge in [0, 0.05) is 19.2 Å². The van der Waals surface area contributed by atoms with Crippen molar-refractivity contribution < 1.29 is 0 Å². The van der Waals surface area contributed by atoms with Crippen molar-refractivity contribution in [3.8, 4) is 0 Å². The summed E-state index contributed by atoms with van der Waals surface area (Å²) in [4.78, 5) is 10.7. The number of benzene rings is 1. The molecule has 104 valence electrons. The first kappa shape index (κ1) is 12.9. The summed E-state index contributed by atoms with van der Waals surface area (Å²) < 4.78 is 0. The molecule has 1 aromatic carbocycles. The van der Waals surface area contributed by atoms with E-state index in [-0.39, 0.29) is 0 Å². The Morgan fingerprint density at radius 3 is 2.55 bits per heavy atom. The second-order valence-electron chi connectivity index (χ2n) is 5.08. The molecule has 2 aromatic rings. The molecule has 0 bridgehead atoms. The predicted octanol–water partition coefficient (Wildman–Crippen LogP) is 2.15. The Hall–Kier alpha value is -2.14. The molecule has 1 saturated heterocycles. The highest BCUT2D eigenvalue weighted by Crippen LogP contribution is 2.29. The third-order valence-electron chi connectivity index (χ3n) is 3.89. The molecule has 2 heterocycles.